The van der Waals surface area contributed by atoms with Crippen molar-refractivity contribution in [2.75, 3.05) is 0 Å². The van der Waals surface area contributed by atoms with Gasteiger partial charge in [0.2, 0.25) is 5.24 Å². The van der Waals surface area contributed by atoms with Crippen molar-refractivity contribution in [3.05, 3.63) is 11.9 Å². The highest BCUT2D eigenvalue weighted by molar-refractivity contribution is 6.66. The quantitative estimate of drug-likeness (QED) is 0.419. The predicted molar refractivity (Wildman–Crippen MR) is 30.3 cm³/mol. The van der Waals surface area contributed by atoms with Gasteiger partial charge >= 0.3 is 0 Å². The van der Waals surface area contributed by atoms with Gasteiger partial charge in [-0.15, -0.1) is 0 Å². The molecule has 0 unspecified atom stereocenters. The normalized spacial score (nSPS) is 11.6. The van der Waals surface area contributed by atoms with Gasteiger partial charge in [0.1, 0.15) is 5.83 Å². The summed E-state index contributed by atoms with van der Waals surface area (Å²) in [5.74, 6) is -0.481. The molecule has 0 spiro atoms. The molecule has 46 valence electrons. The third-order valence-corrected chi connectivity index (χ3v) is 0.717. The average Bonchev–Trinajstić information content (AvgIpc) is 1.65. The third-order valence-electron chi connectivity index (χ3n) is 0.608. The summed E-state index contributed by atoms with van der Waals surface area (Å²) < 4.78 is 11.9. The Morgan fingerprint density at radius 3 is 2.50 bits per heavy atom. The van der Waals surface area contributed by atoms with Gasteiger partial charge in [0.25, 0.3) is 0 Å². The molecule has 0 atom stereocenters. The molecule has 0 N–H and O–H groups in total. The fourth-order valence-corrected chi connectivity index (χ4v) is 0.344. The van der Waals surface area contributed by atoms with Gasteiger partial charge in [0.05, 0.1) is 0 Å². The Morgan fingerprint density at radius 1 is 1.88 bits per heavy atom. The van der Waals surface area contributed by atoms with Crippen LogP contribution in [0, 0.1) is 0 Å². The van der Waals surface area contributed by atoms with Crippen molar-refractivity contribution < 1.29 is 9.18 Å². The smallest absolute Gasteiger partial charge is 0.247 e. The number of hydrogen-bond donors (Lipinski definition) is 0. The lowest BCUT2D eigenvalue weighted by atomic mass is 10.4. The van der Waals surface area contributed by atoms with E-state index in [2.05, 4.69) is 0 Å². The van der Waals surface area contributed by atoms with Crippen LogP contribution in [0.15, 0.2) is 11.9 Å². The molecule has 0 aromatic heterocycles. The van der Waals surface area contributed by atoms with Gasteiger partial charge in [-0.2, -0.15) is 0 Å². The van der Waals surface area contributed by atoms with Crippen LogP contribution in [0.5, 0.6) is 0 Å². The lowest BCUT2D eigenvalue weighted by Gasteiger charge is -1.82. The Morgan fingerprint density at radius 2 is 2.38 bits per heavy atom. The topological polar surface area (TPSA) is 17.1 Å². The number of carbonyl (C=O) groups excluding carboxylic acids is 1. The van der Waals surface area contributed by atoms with Crippen LogP contribution in [-0.4, -0.2) is 5.24 Å². The van der Waals surface area contributed by atoms with E-state index in [1.807, 2.05) is 0 Å². The van der Waals surface area contributed by atoms with Crippen molar-refractivity contribution in [1.29, 1.82) is 0 Å². The largest absolute Gasteiger partial charge is 0.276 e. The molecular weight excluding hydrogens is 131 g/mol. The summed E-state index contributed by atoms with van der Waals surface area (Å²) in [6.45, 7) is 1.60. The Kier molecular flexibility index (Phi) is 3.44. The fraction of sp³-hybridized carbons (Fsp3) is 0.400. The van der Waals surface area contributed by atoms with E-state index >= 15 is 0 Å². The van der Waals surface area contributed by atoms with Crippen LogP contribution in [-0.2, 0) is 4.79 Å². The number of halogens is 2. The van der Waals surface area contributed by atoms with Crippen molar-refractivity contribution in [1.82, 2.24) is 0 Å². The highest BCUT2D eigenvalue weighted by atomic mass is 35.5. The molecule has 1 nitrogen and oxygen atoms in total. The second-order valence-electron chi connectivity index (χ2n) is 1.25. The van der Waals surface area contributed by atoms with Crippen LogP contribution in [0.3, 0.4) is 0 Å². The Balaban J connectivity index is 3.75. The molecular formula is C5H6ClFO. The molecule has 0 radical (unpaired) electrons. The van der Waals surface area contributed by atoms with Gasteiger partial charge in [-0.05, 0) is 18.0 Å². The van der Waals surface area contributed by atoms with Gasteiger partial charge in [-0.25, -0.2) is 4.39 Å². The van der Waals surface area contributed by atoms with Crippen molar-refractivity contribution in [2.24, 2.45) is 0 Å². The maximum absolute atomic E-state index is 11.9. The molecule has 0 rings (SSSR count). The Hall–Kier alpha value is -0.370. The first-order chi connectivity index (χ1) is 3.66. The Labute approximate surface area is 52.1 Å². The summed E-state index contributed by atoms with van der Waals surface area (Å²) in [4.78, 5) is 9.86. The molecule has 0 bridgehead atoms. The molecule has 0 saturated heterocycles. The minimum atomic E-state index is -0.760. The van der Waals surface area contributed by atoms with E-state index in [-0.39, 0.29) is 6.42 Å². The van der Waals surface area contributed by atoms with Gasteiger partial charge in [-0.3, -0.25) is 4.79 Å². The molecule has 0 aliphatic heterocycles. The maximum Gasteiger partial charge on any atom is 0.247 e. The number of rotatable bonds is 2. The van der Waals surface area contributed by atoms with Crippen LogP contribution in [0.2, 0.25) is 0 Å². The van der Waals surface area contributed by atoms with Crippen molar-refractivity contribution in [2.45, 2.75) is 13.3 Å². The summed E-state index contributed by atoms with van der Waals surface area (Å²) in [6, 6.07) is 0. The van der Waals surface area contributed by atoms with E-state index in [1.165, 1.54) is 0 Å². The zero-order valence-electron chi connectivity index (χ0n) is 4.45. The van der Waals surface area contributed by atoms with E-state index in [1.54, 1.807) is 6.92 Å². The first kappa shape index (κ1) is 7.63. The van der Waals surface area contributed by atoms with E-state index in [9.17, 15) is 9.18 Å². The average molecular weight is 137 g/mol. The van der Waals surface area contributed by atoms with Crippen molar-refractivity contribution in [3.8, 4) is 0 Å². The molecule has 0 aliphatic rings. The zero-order valence-corrected chi connectivity index (χ0v) is 5.20. The highest BCUT2D eigenvalue weighted by Crippen LogP contribution is 2.01. The van der Waals surface area contributed by atoms with Crippen molar-refractivity contribution >= 4 is 16.8 Å². The molecule has 0 aromatic rings. The van der Waals surface area contributed by atoms with Crippen LogP contribution in [0.4, 0.5) is 4.39 Å². The first-order valence-electron chi connectivity index (χ1n) is 2.22. The summed E-state index contributed by atoms with van der Waals surface area (Å²) in [5.41, 5.74) is 0. The van der Waals surface area contributed by atoms with E-state index < -0.39 is 11.1 Å². The maximum atomic E-state index is 11.9. The standard InChI is InChI=1S/C5H6ClFO/c1-2-4(7)3-5(6)8/h3H,2H2,1H3/b4-3+. The Bertz CT molecular complexity index is 120. The van der Waals surface area contributed by atoms with Gasteiger partial charge in [0, 0.05) is 6.08 Å². The molecule has 0 saturated carbocycles. The monoisotopic (exact) mass is 136 g/mol. The molecule has 8 heavy (non-hydrogen) atoms. The van der Waals surface area contributed by atoms with Crippen LogP contribution >= 0.6 is 11.6 Å². The van der Waals surface area contributed by atoms with E-state index in [0.717, 1.165) is 6.08 Å². The second kappa shape index (κ2) is 3.61. The fourth-order valence-electron chi connectivity index (χ4n) is 0.225. The number of hydrogen-bond acceptors (Lipinski definition) is 1. The van der Waals surface area contributed by atoms with Crippen molar-refractivity contribution in [3.63, 3.8) is 0 Å². The SMILES string of the molecule is CC/C(F)=C\C(=O)Cl. The number of allylic oxidation sites excluding steroid dienone is 2. The zero-order chi connectivity index (χ0) is 6.57. The summed E-state index contributed by atoms with van der Waals surface area (Å²) in [5, 5.41) is -0.760. The van der Waals surface area contributed by atoms with Crippen LogP contribution in [0.1, 0.15) is 13.3 Å². The summed E-state index contributed by atoms with van der Waals surface area (Å²) in [7, 11) is 0. The van der Waals surface area contributed by atoms with Crippen LogP contribution < -0.4 is 0 Å². The minimum Gasteiger partial charge on any atom is -0.276 e. The van der Waals surface area contributed by atoms with Gasteiger partial charge in [-0.1, -0.05) is 6.92 Å². The molecule has 0 aromatic carbocycles. The lowest BCUT2D eigenvalue weighted by Crippen LogP contribution is -1.78. The molecule has 0 heterocycles. The minimum absolute atomic E-state index is 0.221. The van der Waals surface area contributed by atoms with Gasteiger partial charge < -0.3 is 0 Å². The molecule has 0 aliphatic carbocycles. The van der Waals surface area contributed by atoms with E-state index in [4.69, 9.17) is 11.6 Å². The molecule has 3 heteroatoms. The predicted octanol–water partition coefficient (Wildman–Crippen LogP) is 2.02. The van der Waals surface area contributed by atoms with Gasteiger partial charge in [0.15, 0.2) is 0 Å². The lowest BCUT2D eigenvalue weighted by molar-refractivity contribution is -0.107. The van der Waals surface area contributed by atoms with E-state index in [0.29, 0.717) is 0 Å². The van der Waals surface area contributed by atoms with Crippen LogP contribution in [0.25, 0.3) is 0 Å². The summed E-state index contributed by atoms with van der Waals surface area (Å²) in [6.07, 6.45) is 0.986. The molecule has 0 amide bonds. The summed E-state index contributed by atoms with van der Waals surface area (Å²) >= 11 is 4.80. The second-order valence-corrected chi connectivity index (χ2v) is 1.62. The molecule has 0 fully saturated rings. The third kappa shape index (κ3) is 3.81. The number of carbonyl (C=O) groups is 1. The highest BCUT2D eigenvalue weighted by Gasteiger charge is 1.92. The first-order valence-corrected chi connectivity index (χ1v) is 2.60.